The van der Waals surface area contributed by atoms with E-state index in [4.69, 9.17) is 0 Å². The molecular formula is C18H26N2O3. The number of aliphatic hydroxyl groups is 1. The van der Waals surface area contributed by atoms with Gasteiger partial charge in [0.2, 0.25) is 5.91 Å². The quantitative estimate of drug-likeness (QED) is 0.846. The molecule has 1 aliphatic heterocycles. The van der Waals surface area contributed by atoms with Crippen LogP contribution in [-0.4, -0.2) is 35.6 Å². The molecule has 126 valence electrons. The van der Waals surface area contributed by atoms with Gasteiger partial charge in [-0.3, -0.25) is 9.59 Å². The van der Waals surface area contributed by atoms with Gasteiger partial charge >= 0.3 is 0 Å². The average Bonchev–Trinajstić information content (AvgIpc) is 2.98. The topological polar surface area (TPSA) is 69.6 Å². The van der Waals surface area contributed by atoms with Crippen LogP contribution in [-0.2, 0) is 4.79 Å². The van der Waals surface area contributed by atoms with E-state index in [1.54, 1.807) is 11.0 Å². The molecule has 0 spiro atoms. The van der Waals surface area contributed by atoms with Crippen molar-refractivity contribution in [3.05, 3.63) is 29.3 Å². The van der Waals surface area contributed by atoms with Gasteiger partial charge in [0, 0.05) is 19.5 Å². The minimum absolute atomic E-state index is 0.0570. The average molecular weight is 318 g/mol. The van der Waals surface area contributed by atoms with Crippen molar-refractivity contribution in [3.8, 4) is 0 Å². The lowest BCUT2D eigenvalue weighted by Crippen LogP contribution is -2.42. The van der Waals surface area contributed by atoms with E-state index >= 15 is 0 Å². The summed E-state index contributed by atoms with van der Waals surface area (Å²) >= 11 is 0. The molecule has 1 fully saturated rings. The first kappa shape index (κ1) is 17.5. The predicted octanol–water partition coefficient (Wildman–Crippen LogP) is 2.40. The highest BCUT2D eigenvalue weighted by Gasteiger charge is 2.27. The number of amides is 2. The summed E-state index contributed by atoms with van der Waals surface area (Å²) < 4.78 is 0. The van der Waals surface area contributed by atoms with Crippen LogP contribution in [0.1, 0.15) is 55.5 Å². The van der Waals surface area contributed by atoms with Gasteiger partial charge in [-0.2, -0.15) is 0 Å². The summed E-state index contributed by atoms with van der Waals surface area (Å²) in [5.74, 6) is -0.190. The number of nitrogens with zero attached hydrogens (tertiary/aromatic N) is 1. The van der Waals surface area contributed by atoms with E-state index < -0.39 is 5.60 Å². The Morgan fingerprint density at radius 3 is 2.61 bits per heavy atom. The third-order valence-corrected chi connectivity index (χ3v) is 4.66. The summed E-state index contributed by atoms with van der Waals surface area (Å²) in [5.41, 5.74) is 1.23. The zero-order chi connectivity index (χ0) is 17.0. The zero-order valence-electron chi connectivity index (χ0n) is 14.2. The van der Waals surface area contributed by atoms with Gasteiger partial charge in [0.05, 0.1) is 16.9 Å². The van der Waals surface area contributed by atoms with E-state index in [0.29, 0.717) is 37.1 Å². The first-order valence-electron chi connectivity index (χ1n) is 8.32. The fourth-order valence-electron chi connectivity index (χ4n) is 2.81. The van der Waals surface area contributed by atoms with Gasteiger partial charge in [-0.05, 0) is 38.3 Å². The molecule has 5 nitrogen and oxygen atoms in total. The van der Waals surface area contributed by atoms with Crippen LogP contribution in [0.25, 0.3) is 0 Å². The highest BCUT2D eigenvalue weighted by molar-refractivity contribution is 6.05. The Bertz CT molecular complexity index is 594. The largest absolute Gasteiger partial charge is 0.388 e. The van der Waals surface area contributed by atoms with Crippen molar-refractivity contribution >= 4 is 17.5 Å². The molecule has 0 bridgehead atoms. The Morgan fingerprint density at radius 1 is 1.35 bits per heavy atom. The third kappa shape index (κ3) is 3.91. The van der Waals surface area contributed by atoms with Crippen LogP contribution in [0.3, 0.4) is 0 Å². The zero-order valence-corrected chi connectivity index (χ0v) is 14.2. The standard InChI is InChI=1S/C18H26N2O3/c1-4-18(23,5-2)12-19-17(22)14-11-13(3)8-9-15(14)20-10-6-7-16(20)21/h8-9,11,23H,4-7,10,12H2,1-3H3,(H,19,22). The molecule has 0 radical (unpaired) electrons. The lowest BCUT2D eigenvalue weighted by molar-refractivity contribution is -0.117. The normalized spacial score (nSPS) is 15.1. The van der Waals surface area contributed by atoms with E-state index in [9.17, 15) is 14.7 Å². The molecule has 1 heterocycles. The van der Waals surface area contributed by atoms with Crippen LogP contribution in [0, 0.1) is 6.92 Å². The van der Waals surface area contributed by atoms with Crippen molar-refractivity contribution in [2.45, 2.75) is 52.1 Å². The van der Waals surface area contributed by atoms with Crippen LogP contribution in [0.2, 0.25) is 0 Å². The van der Waals surface area contributed by atoms with E-state index in [2.05, 4.69) is 5.32 Å². The van der Waals surface area contributed by atoms with Gasteiger partial charge in [-0.1, -0.05) is 25.5 Å². The van der Waals surface area contributed by atoms with E-state index in [1.165, 1.54) is 0 Å². The fourth-order valence-corrected chi connectivity index (χ4v) is 2.81. The second-order valence-electron chi connectivity index (χ2n) is 6.28. The molecule has 23 heavy (non-hydrogen) atoms. The van der Waals surface area contributed by atoms with E-state index in [1.807, 2.05) is 32.9 Å². The highest BCUT2D eigenvalue weighted by atomic mass is 16.3. The van der Waals surface area contributed by atoms with Crippen LogP contribution >= 0.6 is 0 Å². The summed E-state index contributed by atoms with van der Waals surface area (Å²) in [6.07, 6.45) is 2.50. The lowest BCUT2D eigenvalue weighted by Gasteiger charge is -2.26. The molecule has 2 rings (SSSR count). The van der Waals surface area contributed by atoms with Crippen LogP contribution in [0.5, 0.6) is 0 Å². The Balaban J connectivity index is 2.22. The SMILES string of the molecule is CCC(O)(CC)CNC(=O)c1cc(C)ccc1N1CCCC1=O. The number of hydrogen-bond donors (Lipinski definition) is 2. The Hall–Kier alpha value is -1.88. The van der Waals surface area contributed by atoms with Crippen molar-refractivity contribution < 1.29 is 14.7 Å². The van der Waals surface area contributed by atoms with Crippen molar-refractivity contribution in [1.82, 2.24) is 5.32 Å². The predicted molar refractivity (Wildman–Crippen MR) is 90.6 cm³/mol. The minimum Gasteiger partial charge on any atom is -0.388 e. The van der Waals surface area contributed by atoms with Gasteiger partial charge < -0.3 is 15.3 Å². The molecule has 0 atom stereocenters. The summed E-state index contributed by atoms with van der Waals surface area (Å²) in [4.78, 5) is 26.3. The van der Waals surface area contributed by atoms with Crippen molar-refractivity contribution in [2.75, 3.05) is 18.0 Å². The monoisotopic (exact) mass is 318 g/mol. The second kappa shape index (κ2) is 7.13. The maximum Gasteiger partial charge on any atom is 0.253 e. The summed E-state index contributed by atoms with van der Waals surface area (Å²) in [6, 6.07) is 5.54. The van der Waals surface area contributed by atoms with Gasteiger partial charge in [0.1, 0.15) is 0 Å². The lowest BCUT2D eigenvalue weighted by atomic mass is 9.97. The molecule has 1 aromatic carbocycles. The number of benzene rings is 1. The number of carbonyl (C=O) groups is 2. The smallest absolute Gasteiger partial charge is 0.253 e. The first-order chi connectivity index (χ1) is 10.9. The minimum atomic E-state index is -0.886. The summed E-state index contributed by atoms with van der Waals surface area (Å²) in [5, 5.41) is 13.1. The van der Waals surface area contributed by atoms with Crippen LogP contribution < -0.4 is 10.2 Å². The molecule has 1 saturated heterocycles. The van der Waals surface area contributed by atoms with Gasteiger partial charge in [0.15, 0.2) is 0 Å². The molecule has 1 aromatic rings. The van der Waals surface area contributed by atoms with Crippen LogP contribution in [0.15, 0.2) is 18.2 Å². The molecule has 0 aromatic heterocycles. The second-order valence-corrected chi connectivity index (χ2v) is 6.28. The number of hydrogen-bond acceptors (Lipinski definition) is 3. The maximum atomic E-state index is 12.6. The number of carbonyl (C=O) groups excluding carboxylic acids is 2. The summed E-state index contributed by atoms with van der Waals surface area (Å²) in [7, 11) is 0. The maximum absolute atomic E-state index is 12.6. The Kier molecular flexibility index (Phi) is 5.42. The number of anilines is 1. The van der Waals surface area contributed by atoms with Crippen LogP contribution in [0.4, 0.5) is 5.69 Å². The fraction of sp³-hybridized carbons (Fsp3) is 0.556. The van der Waals surface area contributed by atoms with Gasteiger partial charge in [-0.15, -0.1) is 0 Å². The molecule has 0 unspecified atom stereocenters. The molecule has 2 N–H and O–H groups in total. The number of nitrogens with one attached hydrogen (secondary N) is 1. The first-order valence-corrected chi connectivity index (χ1v) is 8.32. The molecule has 5 heteroatoms. The Morgan fingerprint density at radius 2 is 2.04 bits per heavy atom. The van der Waals surface area contributed by atoms with Gasteiger partial charge in [0.25, 0.3) is 5.91 Å². The molecule has 0 saturated carbocycles. The molecule has 2 amide bonds. The van der Waals surface area contributed by atoms with Crippen molar-refractivity contribution in [1.29, 1.82) is 0 Å². The van der Waals surface area contributed by atoms with Gasteiger partial charge in [-0.25, -0.2) is 0 Å². The number of rotatable bonds is 6. The van der Waals surface area contributed by atoms with Crippen molar-refractivity contribution in [3.63, 3.8) is 0 Å². The Labute approximate surface area is 137 Å². The molecule has 1 aliphatic rings. The van der Waals surface area contributed by atoms with Crippen molar-refractivity contribution in [2.24, 2.45) is 0 Å². The van der Waals surface area contributed by atoms with E-state index in [-0.39, 0.29) is 18.4 Å². The summed E-state index contributed by atoms with van der Waals surface area (Å²) in [6.45, 7) is 6.57. The van der Waals surface area contributed by atoms with E-state index in [0.717, 1.165) is 12.0 Å². The molecule has 0 aliphatic carbocycles. The highest BCUT2D eigenvalue weighted by Crippen LogP contribution is 2.26. The third-order valence-electron chi connectivity index (χ3n) is 4.66. The molecular weight excluding hydrogens is 292 g/mol. The number of aryl methyl sites for hydroxylation is 1.